The Balaban J connectivity index is 2.58. The van der Waals surface area contributed by atoms with Crippen molar-refractivity contribution >= 4 is 11.9 Å². The van der Waals surface area contributed by atoms with Gasteiger partial charge in [-0.2, -0.15) is 0 Å². The molecule has 3 N–H and O–H groups in total. The third-order valence-electron chi connectivity index (χ3n) is 2.61. The average molecular weight is 241 g/mol. The quantitative estimate of drug-likeness (QED) is 0.863. The second-order valence-electron chi connectivity index (χ2n) is 3.80. The molecule has 0 saturated heterocycles. The maximum atomic E-state index is 11.3. The van der Waals surface area contributed by atoms with E-state index in [-0.39, 0.29) is 5.56 Å². The van der Waals surface area contributed by atoms with Crippen molar-refractivity contribution in [3.05, 3.63) is 59.7 Å². The van der Waals surface area contributed by atoms with Crippen LogP contribution in [0.4, 0.5) is 0 Å². The van der Waals surface area contributed by atoms with E-state index in [1.807, 2.05) is 0 Å². The molecule has 2 aromatic carbocycles. The van der Waals surface area contributed by atoms with Crippen molar-refractivity contribution in [2.45, 2.75) is 0 Å². The van der Waals surface area contributed by atoms with Gasteiger partial charge in [-0.05, 0) is 29.3 Å². The minimum absolute atomic E-state index is 0.173. The third kappa shape index (κ3) is 2.22. The van der Waals surface area contributed by atoms with E-state index in [2.05, 4.69) is 0 Å². The zero-order chi connectivity index (χ0) is 13.1. The van der Waals surface area contributed by atoms with Crippen LogP contribution in [0.5, 0.6) is 0 Å². The van der Waals surface area contributed by atoms with Crippen LogP contribution in [0.2, 0.25) is 0 Å². The standard InChI is InChI=1S/C14H11NO3/c15-13(16)12-7-2-1-6-11(12)9-4-3-5-10(8-9)14(17)18/h1-8H,(H2,15,16)(H,17,18). The summed E-state index contributed by atoms with van der Waals surface area (Å²) in [7, 11) is 0. The summed E-state index contributed by atoms with van der Waals surface area (Å²) in [5.74, 6) is -1.54. The molecule has 0 atom stereocenters. The van der Waals surface area contributed by atoms with Crippen LogP contribution in [-0.4, -0.2) is 17.0 Å². The number of hydrogen-bond acceptors (Lipinski definition) is 2. The molecule has 4 heteroatoms. The van der Waals surface area contributed by atoms with Crippen LogP contribution in [0.25, 0.3) is 11.1 Å². The minimum Gasteiger partial charge on any atom is -0.478 e. The predicted molar refractivity (Wildman–Crippen MR) is 67.4 cm³/mol. The number of hydrogen-bond donors (Lipinski definition) is 2. The molecule has 0 unspecified atom stereocenters. The fraction of sp³-hybridized carbons (Fsp3) is 0. The van der Waals surface area contributed by atoms with Crippen LogP contribution in [0, 0.1) is 0 Å². The Morgan fingerprint density at radius 2 is 1.72 bits per heavy atom. The van der Waals surface area contributed by atoms with Crippen molar-refractivity contribution in [3.63, 3.8) is 0 Å². The highest BCUT2D eigenvalue weighted by atomic mass is 16.4. The van der Waals surface area contributed by atoms with E-state index in [1.54, 1.807) is 36.4 Å². The van der Waals surface area contributed by atoms with Crippen molar-refractivity contribution < 1.29 is 14.7 Å². The number of carbonyl (C=O) groups is 2. The van der Waals surface area contributed by atoms with Crippen molar-refractivity contribution in [1.82, 2.24) is 0 Å². The fourth-order valence-electron chi connectivity index (χ4n) is 1.77. The molecule has 90 valence electrons. The molecule has 0 aliphatic heterocycles. The number of carbonyl (C=O) groups excluding carboxylic acids is 1. The van der Waals surface area contributed by atoms with Crippen LogP contribution >= 0.6 is 0 Å². The lowest BCUT2D eigenvalue weighted by Crippen LogP contribution is -2.12. The van der Waals surface area contributed by atoms with Crippen molar-refractivity contribution in [3.8, 4) is 11.1 Å². The molecule has 0 fully saturated rings. The number of primary amides is 1. The Labute approximate surface area is 104 Å². The number of rotatable bonds is 3. The summed E-state index contributed by atoms with van der Waals surface area (Å²) in [5, 5.41) is 8.94. The lowest BCUT2D eigenvalue weighted by molar-refractivity contribution is 0.0696. The molecule has 0 aromatic heterocycles. The van der Waals surface area contributed by atoms with E-state index in [0.29, 0.717) is 16.7 Å². The Morgan fingerprint density at radius 1 is 1.00 bits per heavy atom. The summed E-state index contributed by atoms with van der Waals surface area (Å²) < 4.78 is 0. The topological polar surface area (TPSA) is 80.4 Å². The summed E-state index contributed by atoms with van der Waals surface area (Å²) in [6, 6.07) is 13.2. The second kappa shape index (κ2) is 4.71. The molecular formula is C14H11NO3. The smallest absolute Gasteiger partial charge is 0.335 e. The van der Waals surface area contributed by atoms with Gasteiger partial charge in [0.1, 0.15) is 0 Å². The Kier molecular flexibility index (Phi) is 3.10. The first-order valence-electron chi connectivity index (χ1n) is 5.32. The molecule has 2 aromatic rings. The van der Waals surface area contributed by atoms with Crippen molar-refractivity contribution in [2.75, 3.05) is 0 Å². The zero-order valence-corrected chi connectivity index (χ0v) is 9.46. The molecule has 0 spiro atoms. The summed E-state index contributed by atoms with van der Waals surface area (Å²) in [4.78, 5) is 22.2. The van der Waals surface area contributed by atoms with E-state index in [4.69, 9.17) is 10.8 Å². The predicted octanol–water partition coefficient (Wildman–Crippen LogP) is 2.15. The highest BCUT2D eigenvalue weighted by molar-refractivity contribution is 6.00. The number of nitrogens with two attached hydrogens (primary N) is 1. The van der Waals surface area contributed by atoms with E-state index in [1.165, 1.54) is 12.1 Å². The molecule has 0 aliphatic carbocycles. The van der Waals surface area contributed by atoms with Crippen LogP contribution in [0.3, 0.4) is 0 Å². The van der Waals surface area contributed by atoms with Crippen LogP contribution < -0.4 is 5.73 Å². The number of benzene rings is 2. The lowest BCUT2D eigenvalue weighted by Gasteiger charge is -2.07. The van der Waals surface area contributed by atoms with E-state index >= 15 is 0 Å². The van der Waals surface area contributed by atoms with Crippen LogP contribution in [0.1, 0.15) is 20.7 Å². The maximum absolute atomic E-state index is 11.3. The molecule has 0 radical (unpaired) electrons. The van der Waals surface area contributed by atoms with Gasteiger partial charge >= 0.3 is 5.97 Å². The second-order valence-corrected chi connectivity index (χ2v) is 3.80. The van der Waals surface area contributed by atoms with Gasteiger partial charge in [0.15, 0.2) is 0 Å². The van der Waals surface area contributed by atoms with Crippen molar-refractivity contribution in [2.24, 2.45) is 5.73 Å². The van der Waals surface area contributed by atoms with E-state index in [9.17, 15) is 9.59 Å². The minimum atomic E-state index is -1.01. The first-order valence-corrected chi connectivity index (χ1v) is 5.32. The number of amides is 1. The van der Waals surface area contributed by atoms with E-state index < -0.39 is 11.9 Å². The molecule has 0 bridgehead atoms. The SMILES string of the molecule is NC(=O)c1ccccc1-c1cccc(C(=O)O)c1. The van der Waals surface area contributed by atoms with Gasteiger partial charge in [-0.3, -0.25) is 4.79 Å². The zero-order valence-electron chi connectivity index (χ0n) is 9.46. The van der Waals surface area contributed by atoms with Gasteiger partial charge in [0, 0.05) is 5.56 Å². The average Bonchev–Trinajstić information content (AvgIpc) is 2.39. The highest BCUT2D eigenvalue weighted by Crippen LogP contribution is 2.24. The largest absolute Gasteiger partial charge is 0.478 e. The molecule has 0 heterocycles. The highest BCUT2D eigenvalue weighted by Gasteiger charge is 2.10. The monoisotopic (exact) mass is 241 g/mol. The molecule has 0 saturated carbocycles. The van der Waals surface area contributed by atoms with Gasteiger partial charge in [-0.25, -0.2) is 4.79 Å². The summed E-state index contributed by atoms with van der Waals surface area (Å²) in [6.07, 6.45) is 0. The number of aromatic carboxylic acids is 1. The molecule has 2 rings (SSSR count). The summed E-state index contributed by atoms with van der Waals surface area (Å²) >= 11 is 0. The first-order chi connectivity index (χ1) is 8.59. The number of carboxylic acids is 1. The van der Waals surface area contributed by atoms with Gasteiger partial charge in [-0.15, -0.1) is 0 Å². The third-order valence-corrected chi connectivity index (χ3v) is 2.61. The van der Waals surface area contributed by atoms with Crippen molar-refractivity contribution in [1.29, 1.82) is 0 Å². The number of carboxylic acid groups (broad SMARTS) is 1. The molecular weight excluding hydrogens is 230 g/mol. The summed E-state index contributed by atoms with van der Waals surface area (Å²) in [5.41, 5.74) is 7.13. The Morgan fingerprint density at radius 3 is 2.39 bits per heavy atom. The van der Waals surface area contributed by atoms with Gasteiger partial charge < -0.3 is 10.8 Å². The normalized spacial score (nSPS) is 10.0. The van der Waals surface area contributed by atoms with E-state index in [0.717, 1.165) is 0 Å². The van der Waals surface area contributed by atoms with Gasteiger partial charge in [-0.1, -0.05) is 30.3 Å². The maximum Gasteiger partial charge on any atom is 0.335 e. The molecule has 4 nitrogen and oxygen atoms in total. The Hall–Kier alpha value is -2.62. The van der Waals surface area contributed by atoms with Gasteiger partial charge in [0.25, 0.3) is 0 Å². The van der Waals surface area contributed by atoms with Gasteiger partial charge in [0.2, 0.25) is 5.91 Å². The molecule has 0 aliphatic rings. The lowest BCUT2D eigenvalue weighted by atomic mass is 9.98. The Bertz CT molecular complexity index is 620. The van der Waals surface area contributed by atoms with Gasteiger partial charge in [0.05, 0.1) is 5.56 Å². The fourth-order valence-corrected chi connectivity index (χ4v) is 1.77. The summed E-state index contributed by atoms with van der Waals surface area (Å²) in [6.45, 7) is 0. The van der Waals surface area contributed by atoms with Crippen LogP contribution in [-0.2, 0) is 0 Å². The molecule has 18 heavy (non-hydrogen) atoms. The first kappa shape index (κ1) is 11.9. The van der Waals surface area contributed by atoms with Crippen LogP contribution in [0.15, 0.2) is 48.5 Å². The molecule has 1 amide bonds.